The number of piperazine rings is 1. The maximum atomic E-state index is 12.4. The summed E-state index contributed by atoms with van der Waals surface area (Å²) in [4.78, 5) is 21.3. The molecule has 142 valence electrons. The lowest BCUT2D eigenvalue weighted by molar-refractivity contribution is -0.136. The molecule has 0 bridgehead atoms. The highest BCUT2D eigenvalue weighted by Gasteiger charge is 2.32. The van der Waals surface area contributed by atoms with E-state index in [2.05, 4.69) is 34.3 Å². The highest BCUT2D eigenvalue weighted by atomic mass is 35.5. The molecule has 3 atom stereocenters. The number of piperidine rings is 1. The van der Waals surface area contributed by atoms with Crippen LogP contribution in [0.25, 0.3) is 0 Å². The molecule has 3 rings (SSSR count). The summed E-state index contributed by atoms with van der Waals surface area (Å²) in [5.74, 6) is 1.94. The summed E-state index contributed by atoms with van der Waals surface area (Å²) in [7, 11) is 2.09. The van der Waals surface area contributed by atoms with Gasteiger partial charge in [0.15, 0.2) is 5.82 Å². The number of likely N-dealkylation sites (tertiary alicyclic amines) is 1. The molecule has 2 aliphatic heterocycles. The Morgan fingerprint density at radius 3 is 2.96 bits per heavy atom. The first-order valence-electron chi connectivity index (χ1n) is 9.13. The minimum absolute atomic E-state index is 0. The van der Waals surface area contributed by atoms with Crippen molar-refractivity contribution in [1.82, 2.24) is 25.3 Å². The Hall–Kier alpha value is -1.18. The second kappa shape index (κ2) is 8.96. The zero-order valence-corrected chi connectivity index (χ0v) is 16.2. The van der Waals surface area contributed by atoms with E-state index < -0.39 is 0 Å². The smallest absolute Gasteiger partial charge is 0.231 e. The largest absolute Gasteiger partial charge is 0.342 e. The van der Waals surface area contributed by atoms with Gasteiger partial charge in [0.1, 0.15) is 0 Å². The second-order valence-electron chi connectivity index (χ2n) is 7.12. The average Bonchev–Trinajstić information content (AvgIpc) is 3.11. The fourth-order valence-electron chi connectivity index (χ4n) is 3.51. The van der Waals surface area contributed by atoms with Crippen LogP contribution in [0, 0.1) is 5.92 Å². The van der Waals surface area contributed by atoms with E-state index in [1.54, 1.807) is 0 Å². The lowest BCUT2D eigenvalue weighted by atomic mass is 9.96. The van der Waals surface area contributed by atoms with Crippen LogP contribution in [0.2, 0.25) is 0 Å². The van der Waals surface area contributed by atoms with E-state index in [1.165, 1.54) is 0 Å². The SMILES string of the molecule is CCC(C)C(=O)N1CCCC(c2nc(C3CNCCN3C)no2)C1.Cl. The number of likely N-dealkylation sites (N-methyl/N-ethyl adjacent to an activating group) is 1. The van der Waals surface area contributed by atoms with E-state index in [0.29, 0.717) is 12.4 Å². The molecular formula is C17H30ClN5O2. The first-order chi connectivity index (χ1) is 11.6. The quantitative estimate of drug-likeness (QED) is 0.870. The van der Waals surface area contributed by atoms with Gasteiger partial charge in [-0.05, 0) is 26.3 Å². The van der Waals surface area contributed by atoms with Gasteiger partial charge in [-0.2, -0.15) is 4.98 Å². The third-order valence-corrected chi connectivity index (χ3v) is 5.38. The van der Waals surface area contributed by atoms with Crippen LogP contribution < -0.4 is 5.32 Å². The van der Waals surface area contributed by atoms with Crippen molar-refractivity contribution in [3.63, 3.8) is 0 Å². The summed E-state index contributed by atoms with van der Waals surface area (Å²) in [6.45, 7) is 8.42. The molecule has 3 heterocycles. The number of aromatic nitrogens is 2. The Morgan fingerprint density at radius 2 is 2.24 bits per heavy atom. The maximum absolute atomic E-state index is 12.4. The molecule has 0 aliphatic carbocycles. The summed E-state index contributed by atoms with van der Waals surface area (Å²) in [6.07, 6.45) is 2.88. The van der Waals surface area contributed by atoms with Crippen molar-refractivity contribution in [1.29, 1.82) is 0 Å². The molecule has 1 aromatic heterocycles. The van der Waals surface area contributed by atoms with Crippen molar-refractivity contribution in [2.45, 2.75) is 45.1 Å². The van der Waals surface area contributed by atoms with Gasteiger partial charge in [0.2, 0.25) is 11.8 Å². The fraction of sp³-hybridized carbons (Fsp3) is 0.824. The number of nitrogens with zero attached hydrogens (tertiary/aromatic N) is 4. The summed E-state index contributed by atoms with van der Waals surface area (Å²) >= 11 is 0. The van der Waals surface area contributed by atoms with Crippen molar-refractivity contribution in [2.75, 3.05) is 39.8 Å². The number of carbonyl (C=O) groups excluding carboxylic acids is 1. The van der Waals surface area contributed by atoms with Crippen LogP contribution in [0.4, 0.5) is 0 Å². The normalized spacial score (nSPS) is 26.1. The third kappa shape index (κ3) is 4.51. The molecule has 1 amide bonds. The number of halogens is 1. The highest BCUT2D eigenvalue weighted by molar-refractivity contribution is 5.85. The molecule has 25 heavy (non-hydrogen) atoms. The van der Waals surface area contributed by atoms with E-state index in [0.717, 1.165) is 51.3 Å². The summed E-state index contributed by atoms with van der Waals surface area (Å²) in [5.41, 5.74) is 0. The Bertz CT molecular complexity index is 567. The van der Waals surface area contributed by atoms with Crippen molar-refractivity contribution in [3.8, 4) is 0 Å². The number of nitrogens with one attached hydrogen (secondary N) is 1. The first kappa shape index (κ1) is 20.1. The van der Waals surface area contributed by atoms with Crippen LogP contribution in [0.5, 0.6) is 0 Å². The molecule has 7 nitrogen and oxygen atoms in total. The van der Waals surface area contributed by atoms with Crippen LogP contribution >= 0.6 is 12.4 Å². The predicted molar refractivity (Wildman–Crippen MR) is 97.8 cm³/mol. The van der Waals surface area contributed by atoms with Crippen molar-refractivity contribution < 1.29 is 9.32 Å². The van der Waals surface area contributed by atoms with Gasteiger partial charge in [-0.1, -0.05) is 19.0 Å². The average molecular weight is 372 g/mol. The number of amides is 1. The van der Waals surface area contributed by atoms with Crippen molar-refractivity contribution in [2.24, 2.45) is 5.92 Å². The molecule has 2 fully saturated rings. The molecular weight excluding hydrogens is 342 g/mol. The van der Waals surface area contributed by atoms with Crippen LogP contribution in [0.3, 0.4) is 0 Å². The monoisotopic (exact) mass is 371 g/mol. The zero-order chi connectivity index (χ0) is 17.1. The molecule has 1 aromatic rings. The maximum Gasteiger partial charge on any atom is 0.231 e. The molecule has 8 heteroatoms. The van der Waals surface area contributed by atoms with E-state index in [1.807, 2.05) is 11.8 Å². The summed E-state index contributed by atoms with van der Waals surface area (Å²) in [5, 5.41) is 7.59. The minimum Gasteiger partial charge on any atom is -0.342 e. The highest BCUT2D eigenvalue weighted by Crippen LogP contribution is 2.28. The van der Waals surface area contributed by atoms with Gasteiger partial charge in [0.05, 0.1) is 12.0 Å². The first-order valence-corrected chi connectivity index (χ1v) is 9.13. The van der Waals surface area contributed by atoms with Crippen LogP contribution in [-0.4, -0.2) is 65.6 Å². The molecule has 0 aromatic carbocycles. The van der Waals surface area contributed by atoms with Gasteiger partial charge in [0.25, 0.3) is 0 Å². The van der Waals surface area contributed by atoms with E-state index >= 15 is 0 Å². The van der Waals surface area contributed by atoms with Gasteiger partial charge in [0, 0.05) is 38.6 Å². The lowest BCUT2D eigenvalue weighted by Gasteiger charge is -2.32. The molecule has 0 spiro atoms. The molecule has 2 saturated heterocycles. The van der Waals surface area contributed by atoms with Crippen molar-refractivity contribution in [3.05, 3.63) is 11.7 Å². The summed E-state index contributed by atoms with van der Waals surface area (Å²) in [6, 6.07) is 0.165. The molecule has 0 radical (unpaired) electrons. The molecule has 0 saturated carbocycles. The number of hydrogen-bond acceptors (Lipinski definition) is 6. The number of rotatable bonds is 4. The van der Waals surface area contributed by atoms with Crippen LogP contribution in [-0.2, 0) is 4.79 Å². The number of hydrogen-bond donors (Lipinski definition) is 1. The van der Waals surface area contributed by atoms with Gasteiger partial charge in [-0.3, -0.25) is 9.69 Å². The van der Waals surface area contributed by atoms with Gasteiger partial charge >= 0.3 is 0 Å². The topological polar surface area (TPSA) is 74.5 Å². The Labute approximate surface area is 155 Å². The van der Waals surface area contributed by atoms with Crippen molar-refractivity contribution >= 4 is 18.3 Å². The Morgan fingerprint density at radius 1 is 1.44 bits per heavy atom. The third-order valence-electron chi connectivity index (χ3n) is 5.38. The van der Waals surface area contributed by atoms with Gasteiger partial charge < -0.3 is 14.7 Å². The van der Waals surface area contributed by atoms with E-state index in [-0.39, 0.29) is 36.2 Å². The van der Waals surface area contributed by atoms with Crippen LogP contribution in [0.15, 0.2) is 4.52 Å². The predicted octanol–water partition coefficient (Wildman–Crippen LogP) is 1.82. The van der Waals surface area contributed by atoms with Gasteiger partial charge in [-0.25, -0.2) is 0 Å². The van der Waals surface area contributed by atoms with E-state index in [9.17, 15) is 4.79 Å². The number of carbonyl (C=O) groups is 1. The van der Waals surface area contributed by atoms with Gasteiger partial charge in [-0.15, -0.1) is 12.4 Å². The van der Waals surface area contributed by atoms with E-state index in [4.69, 9.17) is 4.52 Å². The minimum atomic E-state index is 0. The fourth-order valence-corrected chi connectivity index (χ4v) is 3.51. The molecule has 2 aliphatic rings. The zero-order valence-electron chi connectivity index (χ0n) is 15.4. The Balaban J connectivity index is 0.00000225. The second-order valence-corrected chi connectivity index (χ2v) is 7.12. The molecule has 1 N–H and O–H groups in total. The lowest BCUT2D eigenvalue weighted by Crippen LogP contribution is -2.44. The Kier molecular flexibility index (Phi) is 7.22. The summed E-state index contributed by atoms with van der Waals surface area (Å²) < 4.78 is 5.57. The standard InChI is InChI=1S/C17H29N5O2.ClH/c1-4-12(2)17(23)22-8-5-6-13(11-22)16-19-15(20-24-16)14-10-18-7-9-21(14)3;/h12-14,18H,4-11H2,1-3H3;1H. The van der Waals surface area contributed by atoms with Crippen LogP contribution in [0.1, 0.15) is 56.8 Å². The molecule has 3 unspecified atom stereocenters.